The molecule has 32 heavy (non-hydrogen) atoms. The average Bonchev–Trinajstić information content (AvgIpc) is 3.15. The predicted octanol–water partition coefficient (Wildman–Crippen LogP) is 3.57. The Labute approximate surface area is 181 Å². The van der Waals surface area contributed by atoms with Crippen molar-refractivity contribution < 1.29 is 27.5 Å². The van der Waals surface area contributed by atoms with Gasteiger partial charge in [-0.25, -0.2) is 9.97 Å². The van der Waals surface area contributed by atoms with Crippen molar-refractivity contribution in [1.29, 1.82) is 0 Å². The Morgan fingerprint density at radius 3 is 2.53 bits per heavy atom. The molecule has 1 aliphatic rings. The number of likely N-dealkylation sites (tertiary alicyclic amines) is 1. The molecule has 1 aliphatic heterocycles. The van der Waals surface area contributed by atoms with Crippen LogP contribution in [-0.2, 0) is 11.0 Å². The van der Waals surface area contributed by atoms with Gasteiger partial charge in [-0.15, -0.1) is 0 Å². The van der Waals surface area contributed by atoms with E-state index in [4.69, 9.17) is 10.5 Å². The summed E-state index contributed by atoms with van der Waals surface area (Å²) in [5.74, 6) is -0.794. The molecule has 1 saturated heterocycles. The number of hydrogen-bond donors (Lipinski definition) is 1. The third kappa shape index (κ3) is 3.77. The van der Waals surface area contributed by atoms with E-state index in [-0.39, 0.29) is 11.6 Å². The molecule has 0 saturated carbocycles. The molecule has 0 bridgehead atoms. The summed E-state index contributed by atoms with van der Waals surface area (Å²) in [6.07, 6.45) is -2.76. The molecule has 166 valence electrons. The lowest BCUT2D eigenvalue weighted by molar-refractivity contribution is -0.137. The summed E-state index contributed by atoms with van der Waals surface area (Å²) in [6, 6.07) is 10.00. The lowest BCUT2D eigenvalue weighted by atomic mass is 9.88. The third-order valence-corrected chi connectivity index (χ3v) is 5.65. The summed E-state index contributed by atoms with van der Waals surface area (Å²) in [6.45, 7) is 0.584. The van der Waals surface area contributed by atoms with Crippen LogP contribution in [0.25, 0.3) is 10.9 Å². The van der Waals surface area contributed by atoms with Gasteiger partial charge in [-0.2, -0.15) is 13.2 Å². The third-order valence-electron chi connectivity index (χ3n) is 5.65. The number of ether oxygens (including phenoxy) is 1. The highest BCUT2D eigenvalue weighted by atomic mass is 19.4. The smallest absolute Gasteiger partial charge is 0.417 e. The molecule has 3 aromatic rings. The highest BCUT2D eigenvalue weighted by Crippen LogP contribution is 2.33. The van der Waals surface area contributed by atoms with Gasteiger partial charge in [-0.1, -0.05) is 6.07 Å². The number of ketones is 1. The number of primary amides is 1. The van der Waals surface area contributed by atoms with E-state index in [0.717, 1.165) is 12.1 Å². The number of aromatic nitrogens is 2. The Hall–Kier alpha value is -3.53. The first-order valence-electron chi connectivity index (χ1n) is 9.79. The van der Waals surface area contributed by atoms with Gasteiger partial charge < -0.3 is 10.5 Å². The van der Waals surface area contributed by atoms with Crippen molar-refractivity contribution in [3.63, 3.8) is 0 Å². The van der Waals surface area contributed by atoms with Gasteiger partial charge >= 0.3 is 6.18 Å². The van der Waals surface area contributed by atoms with E-state index in [1.165, 1.54) is 6.07 Å². The van der Waals surface area contributed by atoms with Crippen LogP contribution in [-0.4, -0.2) is 45.7 Å². The van der Waals surface area contributed by atoms with Crippen LogP contribution in [0.1, 0.15) is 28.9 Å². The molecule has 1 amide bonds. The lowest BCUT2D eigenvalue weighted by Crippen LogP contribution is -2.58. The number of fused-ring (bicyclic) bond motifs is 1. The van der Waals surface area contributed by atoms with E-state index in [1.54, 1.807) is 36.2 Å². The molecule has 1 atom stereocenters. The number of carbonyl (C=O) groups is 2. The van der Waals surface area contributed by atoms with Crippen molar-refractivity contribution in [2.24, 2.45) is 5.73 Å². The molecule has 1 aromatic carbocycles. The topological polar surface area (TPSA) is 98.4 Å². The number of alkyl halides is 3. The molecule has 4 rings (SSSR count). The zero-order valence-corrected chi connectivity index (χ0v) is 17.0. The minimum atomic E-state index is -4.48. The second-order valence-corrected chi connectivity index (χ2v) is 7.61. The van der Waals surface area contributed by atoms with Crippen molar-refractivity contribution in [3.05, 3.63) is 59.9 Å². The predicted molar refractivity (Wildman–Crippen MR) is 109 cm³/mol. The van der Waals surface area contributed by atoms with Crippen LogP contribution < -0.4 is 10.5 Å². The molecular weight excluding hydrogens is 425 g/mol. The van der Waals surface area contributed by atoms with E-state index >= 15 is 0 Å². The fourth-order valence-corrected chi connectivity index (χ4v) is 3.90. The van der Waals surface area contributed by atoms with Crippen molar-refractivity contribution in [3.8, 4) is 11.6 Å². The Bertz CT molecular complexity index is 1200. The Balaban J connectivity index is 1.59. The number of benzene rings is 1. The Morgan fingerprint density at radius 2 is 1.94 bits per heavy atom. The first kappa shape index (κ1) is 21.7. The van der Waals surface area contributed by atoms with Gasteiger partial charge in [0.2, 0.25) is 17.6 Å². The SMILES string of the molecule is CN1CCC[C@]1(C(N)=O)C(=O)c1ccc2cc(Oc3ccc(C(F)(F)F)cn3)ccc2n1. The van der Waals surface area contributed by atoms with Crippen molar-refractivity contribution >= 4 is 22.6 Å². The molecule has 2 N–H and O–H groups in total. The van der Waals surface area contributed by atoms with Gasteiger partial charge in [0.25, 0.3) is 0 Å². The van der Waals surface area contributed by atoms with Crippen LogP contribution >= 0.6 is 0 Å². The van der Waals surface area contributed by atoms with Crippen LogP contribution in [0.5, 0.6) is 11.6 Å². The molecular formula is C22H19F3N4O3. The number of nitrogens with two attached hydrogens (primary N) is 1. The number of Topliss-reactive ketones (excluding diaryl/α,β-unsaturated/α-hetero) is 1. The first-order valence-corrected chi connectivity index (χ1v) is 9.79. The van der Waals surface area contributed by atoms with E-state index in [2.05, 4.69) is 9.97 Å². The minimum absolute atomic E-state index is 0.00442. The van der Waals surface area contributed by atoms with Gasteiger partial charge in [0.1, 0.15) is 11.4 Å². The van der Waals surface area contributed by atoms with Gasteiger partial charge in [0.15, 0.2) is 5.54 Å². The van der Waals surface area contributed by atoms with E-state index < -0.39 is 29.0 Å². The monoisotopic (exact) mass is 444 g/mol. The fourth-order valence-electron chi connectivity index (χ4n) is 3.90. The quantitative estimate of drug-likeness (QED) is 0.477. The molecule has 1 fully saturated rings. The largest absolute Gasteiger partial charge is 0.439 e. The summed E-state index contributed by atoms with van der Waals surface area (Å²) < 4.78 is 43.5. The summed E-state index contributed by atoms with van der Waals surface area (Å²) in [5.41, 5.74) is 3.93. The number of nitrogens with zero attached hydrogens (tertiary/aromatic N) is 3. The second-order valence-electron chi connectivity index (χ2n) is 7.61. The molecule has 0 radical (unpaired) electrons. The normalized spacial score (nSPS) is 19.2. The molecule has 7 nitrogen and oxygen atoms in total. The number of carbonyl (C=O) groups excluding carboxylic acids is 2. The molecule has 10 heteroatoms. The summed E-state index contributed by atoms with van der Waals surface area (Å²) in [7, 11) is 1.69. The molecule has 0 unspecified atom stereocenters. The zero-order chi connectivity index (χ0) is 23.1. The number of pyridine rings is 2. The molecule has 0 spiro atoms. The average molecular weight is 444 g/mol. The van der Waals surface area contributed by atoms with E-state index in [0.29, 0.717) is 42.2 Å². The van der Waals surface area contributed by atoms with Crippen LogP contribution in [0.15, 0.2) is 48.7 Å². The number of amides is 1. The Kier molecular flexibility index (Phi) is 5.33. The van der Waals surface area contributed by atoms with Gasteiger partial charge in [0, 0.05) is 17.6 Å². The number of halogens is 3. The van der Waals surface area contributed by atoms with Gasteiger partial charge in [0.05, 0.1) is 11.1 Å². The van der Waals surface area contributed by atoms with E-state index in [9.17, 15) is 22.8 Å². The van der Waals surface area contributed by atoms with Crippen LogP contribution in [0.4, 0.5) is 13.2 Å². The summed E-state index contributed by atoms with van der Waals surface area (Å²) >= 11 is 0. The minimum Gasteiger partial charge on any atom is -0.439 e. The maximum absolute atomic E-state index is 13.2. The maximum Gasteiger partial charge on any atom is 0.417 e. The lowest BCUT2D eigenvalue weighted by Gasteiger charge is -2.31. The van der Waals surface area contributed by atoms with E-state index in [1.807, 2.05) is 0 Å². The molecule has 3 heterocycles. The highest BCUT2D eigenvalue weighted by Gasteiger charge is 2.51. The van der Waals surface area contributed by atoms with Crippen LogP contribution in [0.3, 0.4) is 0 Å². The number of rotatable bonds is 5. The van der Waals surface area contributed by atoms with Crippen molar-refractivity contribution in [2.75, 3.05) is 13.6 Å². The standard InChI is InChI=1S/C22H19F3N4O3/c1-29-10-2-9-21(29,20(26)31)19(30)17-6-3-13-11-15(5-7-16(13)28-17)32-18-8-4-14(12-27-18)22(23,24)25/h3-8,11-12H,2,9-10H2,1H3,(H2,26,31)/t21-/m1/s1. The highest BCUT2D eigenvalue weighted by molar-refractivity contribution is 6.17. The maximum atomic E-state index is 13.2. The first-order chi connectivity index (χ1) is 15.1. The number of hydrogen-bond acceptors (Lipinski definition) is 6. The van der Waals surface area contributed by atoms with Crippen LogP contribution in [0.2, 0.25) is 0 Å². The summed E-state index contributed by atoms with van der Waals surface area (Å²) in [5, 5.41) is 0.638. The van der Waals surface area contributed by atoms with Gasteiger partial charge in [-0.3, -0.25) is 14.5 Å². The zero-order valence-electron chi connectivity index (χ0n) is 17.0. The molecule has 0 aliphatic carbocycles. The van der Waals surface area contributed by atoms with Crippen molar-refractivity contribution in [2.45, 2.75) is 24.6 Å². The number of likely N-dealkylation sites (N-methyl/N-ethyl adjacent to an activating group) is 1. The Morgan fingerprint density at radius 1 is 1.16 bits per heavy atom. The fraction of sp³-hybridized carbons (Fsp3) is 0.273. The molecule has 2 aromatic heterocycles. The van der Waals surface area contributed by atoms with Crippen molar-refractivity contribution in [1.82, 2.24) is 14.9 Å². The van der Waals surface area contributed by atoms with Crippen LogP contribution in [0, 0.1) is 0 Å². The van der Waals surface area contributed by atoms with Gasteiger partial charge in [-0.05, 0) is 56.8 Å². The second kappa shape index (κ2) is 7.86. The summed E-state index contributed by atoms with van der Waals surface area (Å²) in [4.78, 5) is 35.0.